The van der Waals surface area contributed by atoms with Gasteiger partial charge in [0.25, 0.3) is 0 Å². The first kappa shape index (κ1) is 16.9. The Balaban J connectivity index is 1.85. The van der Waals surface area contributed by atoms with Gasteiger partial charge < -0.3 is 0 Å². The molecule has 0 saturated carbocycles. The Hall–Kier alpha value is -1.25. The smallest absolute Gasteiger partial charge is 0.0551 e. The molecule has 0 saturated heterocycles. The van der Waals surface area contributed by atoms with Gasteiger partial charge in [-0.1, -0.05) is 60.3 Å². The van der Waals surface area contributed by atoms with Gasteiger partial charge in [-0.25, -0.2) is 0 Å². The quantitative estimate of drug-likeness (QED) is 0.412. The summed E-state index contributed by atoms with van der Waals surface area (Å²) in [5, 5.41) is 7.25. The van der Waals surface area contributed by atoms with Crippen molar-refractivity contribution < 1.29 is 0 Å². The Kier molecular flexibility index (Phi) is 4.37. The van der Waals surface area contributed by atoms with E-state index >= 15 is 0 Å². The second-order valence-corrected chi connectivity index (χ2v) is 13.2. The average Bonchev–Trinajstić information content (AvgIpc) is 3.41. The van der Waals surface area contributed by atoms with E-state index in [1.165, 1.54) is 45.2 Å². The monoisotopic (exact) mass is 410 g/mol. The first-order valence-corrected chi connectivity index (χ1v) is 13.6. The van der Waals surface area contributed by atoms with Crippen molar-refractivity contribution in [1.82, 2.24) is 0 Å². The summed E-state index contributed by atoms with van der Waals surface area (Å²) in [6.45, 7) is 0. The third-order valence-electron chi connectivity index (χ3n) is 5.33. The normalized spacial score (nSPS) is 25.2. The molecule has 3 aromatic rings. The maximum absolute atomic E-state index is 6.71. The number of benzene rings is 1. The fraction of sp³-hybridized carbons (Fsp3) is 0.182. The fourth-order valence-electron chi connectivity index (χ4n) is 4.29. The lowest BCUT2D eigenvalue weighted by Crippen LogP contribution is -2.09. The van der Waals surface area contributed by atoms with Crippen molar-refractivity contribution in [3.05, 3.63) is 92.3 Å². The molecule has 4 heteroatoms. The molecule has 0 amide bonds. The first-order valence-electron chi connectivity index (χ1n) is 8.97. The predicted octanol–water partition coefficient (Wildman–Crippen LogP) is 7.19. The van der Waals surface area contributed by atoms with Crippen LogP contribution in [0.25, 0.3) is 5.31 Å². The summed E-state index contributed by atoms with van der Waals surface area (Å²) in [5.74, 6) is 0. The van der Waals surface area contributed by atoms with E-state index in [9.17, 15) is 0 Å². The Morgan fingerprint density at radius 2 is 1.73 bits per heavy atom. The van der Waals surface area contributed by atoms with Gasteiger partial charge in [0, 0.05) is 21.1 Å². The summed E-state index contributed by atoms with van der Waals surface area (Å²) in [6.07, 6.45) is 6.09. The van der Waals surface area contributed by atoms with Crippen molar-refractivity contribution in [1.29, 1.82) is 0 Å². The molecule has 0 N–H and O–H groups in total. The lowest BCUT2D eigenvalue weighted by Gasteiger charge is -2.28. The van der Waals surface area contributed by atoms with Crippen LogP contribution in [0.1, 0.15) is 34.7 Å². The summed E-state index contributed by atoms with van der Waals surface area (Å²) in [6, 6.07) is 17.9. The van der Waals surface area contributed by atoms with Crippen LogP contribution in [-0.2, 0) is 11.8 Å². The van der Waals surface area contributed by atoms with Crippen LogP contribution in [0.4, 0.5) is 0 Å². The van der Waals surface area contributed by atoms with Crippen LogP contribution >= 0.6 is 28.7 Å². The molecule has 3 heterocycles. The first-order chi connectivity index (χ1) is 12.8. The molecule has 2 atom stereocenters. The van der Waals surface area contributed by atoms with E-state index < -0.39 is 6.04 Å². The van der Waals surface area contributed by atoms with E-state index in [0.29, 0.717) is 5.66 Å². The molecular formula is C22H19PS3. The standard InChI is InChI=1S/C22H19PS3/c24-23(16-8-2-1-3-9-16)21(19-12-6-14-25-19)17-10-4-5-11-18(17)22(23)20-13-7-15-26-20/h1-3,6-10,12-15,21H,4-5,11H2. The highest BCUT2D eigenvalue weighted by Gasteiger charge is 2.47. The Bertz CT molecular complexity index is 1020. The van der Waals surface area contributed by atoms with E-state index in [0.717, 1.165) is 0 Å². The van der Waals surface area contributed by atoms with Gasteiger partial charge in [0.2, 0.25) is 0 Å². The highest BCUT2D eigenvalue weighted by Crippen LogP contribution is 2.78. The van der Waals surface area contributed by atoms with Gasteiger partial charge in [0.1, 0.15) is 0 Å². The molecule has 0 radical (unpaired) electrons. The number of fused-ring (bicyclic) bond motifs is 1. The van der Waals surface area contributed by atoms with Gasteiger partial charge in [-0.05, 0) is 58.6 Å². The van der Waals surface area contributed by atoms with Gasteiger partial charge in [-0.2, -0.15) is 0 Å². The minimum Gasteiger partial charge on any atom is -0.148 e. The maximum Gasteiger partial charge on any atom is 0.0551 e. The van der Waals surface area contributed by atoms with Crippen LogP contribution in [0.5, 0.6) is 0 Å². The third kappa shape index (κ3) is 2.49. The van der Waals surface area contributed by atoms with Crippen LogP contribution in [-0.4, -0.2) is 0 Å². The van der Waals surface area contributed by atoms with Gasteiger partial charge in [-0.15, -0.1) is 22.7 Å². The summed E-state index contributed by atoms with van der Waals surface area (Å²) in [5.41, 5.74) is 3.45. The molecule has 2 aliphatic rings. The highest BCUT2D eigenvalue weighted by atomic mass is 32.4. The molecule has 0 fully saturated rings. The molecule has 2 unspecified atom stereocenters. The van der Waals surface area contributed by atoms with Gasteiger partial charge in [-0.3, -0.25) is 0 Å². The van der Waals surface area contributed by atoms with E-state index in [4.69, 9.17) is 11.8 Å². The van der Waals surface area contributed by atoms with E-state index in [1.54, 1.807) is 5.57 Å². The number of rotatable bonds is 3. The van der Waals surface area contributed by atoms with Crippen LogP contribution in [0.15, 0.2) is 82.6 Å². The molecule has 0 spiro atoms. The summed E-state index contributed by atoms with van der Waals surface area (Å²) in [7, 11) is 0. The maximum atomic E-state index is 6.71. The topological polar surface area (TPSA) is 0 Å². The molecule has 26 heavy (non-hydrogen) atoms. The van der Waals surface area contributed by atoms with E-state index in [1.807, 2.05) is 22.7 Å². The van der Waals surface area contributed by atoms with Crippen molar-refractivity contribution in [2.75, 3.05) is 0 Å². The second kappa shape index (κ2) is 6.73. The van der Waals surface area contributed by atoms with Crippen molar-refractivity contribution >= 4 is 51.1 Å². The fourth-order valence-corrected chi connectivity index (χ4v) is 12.6. The van der Waals surface area contributed by atoms with Crippen LogP contribution < -0.4 is 5.30 Å². The SMILES string of the molecule is S=P1(c2ccccc2)C(c2cccs2)=C2CCCC=C2C1c1cccs1. The molecule has 130 valence electrons. The lowest BCUT2D eigenvalue weighted by atomic mass is 9.90. The molecule has 1 aliphatic heterocycles. The Morgan fingerprint density at radius 1 is 0.923 bits per heavy atom. The van der Waals surface area contributed by atoms with Crippen LogP contribution in [0.2, 0.25) is 0 Å². The number of hydrogen-bond donors (Lipinski definition) is 0. The molecule has 1 aromatic carbocycles. The van der Waals surface area contributed by atoms with E-state index in [-0.39, 0.29) is 0 Å². The Morgan fingerprint density at radius 3 is 2.46 bits per heavy atom. The highest BCUT2D eigenvalue weighted by molar-refractivity contribution is 8.23. The lowest BCUT2D eigenvalue weighted by molar-refractivity contribution is 0.796. The summed E-state index contributed by atoms with van der Waals surface area (Å²) >= 11 is 10.4. The van der Waals surface area contributed by atoms with Gasteiger partial charge in [0.15, 0.2) is 0 Å². The van der Waals surface area contributed by atoms with Crippen LogP contribution in [0.3, 0.4) is 0 Å². The van der Waals surface area contributed by atoms with Crippen molar-refractivity contribution in [3.63, 3.8) is 0 Å². The zero-order chi connectivity index (χ0) is 17.6. The zero-order valence-electron chi connectivity index (χ0n) is 14.3. The molecule has 1 aliphatic carbocycles. The van der Waals surface area contributed by atoms with Gasteiger partial charge >= 0.3 is 0 Å². The number of allylic oxidation sites excluding steroid dienone is 3. The van der Waals surface area contributed by atoms with Gasteiger partial charge in [0.05, 0.1) is 5.66 Å². The largest absolute Gasteiger partial charge is 0.148 e. The van der Waals surface area contributed by atoms with Crippen molar-refractivity contribution in [2.24, 2.45) is 0 Å². The minimum atomic E-state index is -1.96. The van der Waals surface area contributed by atoms with Crippen LogP contribution in [0, 0.1) is 0 Å². The second-order valence-electron chi connectivity index (χ2n) is 6.77. The molecule has 0 bridgehead atoms. The third-order valence-corrected chi connectivity index (χ3v) is 12.8. The van der Waals surface area contributed by atoms with Crippen molar-refractivity contribution in [3.8, 4) is 0 Å². The molecule has 5 rings (SSSR count). The number of hydrogen-bond acceptors (Lipinski definition) is 3. The predicted molar refractivity (Wildman–Crippen MR) is 121 cm³/mol. The molecule has 0 nitrogen and oxygen atoms in total. The zero-order valence-corrected chi connectivity index (χ0v) is 17.6. The minimum absolute atomic E-state index is 0.354. The average molecular weight is 411 g/mol. The summed E-state index contributed by atoms with van der Waals surface area (Å²) < 4.78 is 0. The summed E-state index contributed by atoms with van der Waals surface area (Å²) in [4.78, 5) is 2.83. The van der Waals surface area contributed by atoms with Crippen molar-refractivity contribution in [2.45, 2.75) is 24.9 Å². The molecular weight excluding hydrogens is 391 g/mol. The number of thiophene rings is 2. The Labute approximate surface area is 167 Å². The van der Waals surface area contributed by atoms with E-state index in [2.05, 4.69) is 71.4 Å². The molecule has 2 aromatic heterocycles.